The van der Waals surface area contributed by atoms with Crippen LogP contribution in [-0.4, -0.2) is 35.4 Å². The van der Waals surface area contributed by atoms with E-state index < -0.39 is 0 Å². The Morgan fingerprint density at radius 3 is 2.74 bits per heavy atom. The summed E-state index contributed by atoms with van der Waals surface area (Å²) in [7, 11) is 0. The second kappa shape index (κ2) is 6.55. The van der Waals surface area contributed by atoms with Crippen molar-refractivity contribution in [3.05, 3.63) is 23.4 Å². The molecule has 0 saturated carbocycles. The van der Waals surface area contributed by atoms with Crippen LogP contribution in [0.5, 0.6) is 0 Å². The molecule has 0 bridgehead atoms. The van der Waals surface area contributed by atoms with Gasteiger partial charge in [0.15, 0.2) is 0 Å². The largest absolute Gasteiger partial charge is 0.370 e. The van der Waals surface area contributed by atoms with E-state index in [1.165, 1.54) is 6.42 Å². The van der Waals surface area contributed by atoms with Gasteiger partial charge in [-0.25, -0.2) is 4.98 Å². The van der Waals surface area contributed by atoms with E-state index in [0.29, 0.717) is 0 Å². The SMILES string of the molecule is CCCNc1cc(C(=O)N2CCCCC2)cc(C)n1. The van der Waals surface area contributed by atoms with E-state index in [2.05, 4.69) is 17.2 Å². The molecule has 0 atom stereocenters. The zero-order valence-corrected chi connectivity index (χ0v) is 11.9. The van der Waals surface area contributed by atoms with Gasteiger partial charge in [-0.05, 0) is 44.7 Å². The van der Waals surface area contributed by atoms with E-state index in [1.807, 2.05) is 24.0 Å². The topological polar surface area (TPSA) is 45.2 Å². The number of nitrogens with one attached hydrogen (secondary N) is 1. The van der Waals surface area contributed by atoms with Crippen LogP contribution >= 0.6 is 0 Å². The van der Waals surface area contributed by atoms with Crippen molar-refractivity contribution in [2.24, 2.45) is 0 Å². The Labute approximate surface area is 115 Å². The third-order valence-corrected chi connectivity index (χ3v) is 3.40. The van der Waals surface area contributed by atoms with Crippen LogP contribution in [0.15, 0.2) is 12.1 Å². The fourth-order valence-corrected chi connectivity index (χ4v) is 2.42. The quantitative estimate of drug-likeness (QED) is 0.906. The van der Waals surface area contributed by atoms with E-state index in [1.54, 1.807) is 0 Å². The Morgan fingerprint density at radius 1 is 1.32 bits per heavy atom. The van der Waals surface area contributed by atoms with Crippen molar-refractivity contribution in [1.82, 2.24) is 9.88 Å². The molecule has 2 rings (SSSR count). The van der Waals surface area contributed by atoms with Crippen molar-refractivity contribution in [2.45, 2.75) is 39.5 Å². The second-order valence-electron chi connectivity index (χ2n) is 5.16. The molecule has 1 aliphatic rings. The average Bonchev–Trinajstić information content (AvgIpc) is 2.44. The number of likely N-dealkylation sites (tertiary alicyclic amines) is 1. The summed E-state index contributed by atoms with van der Waals surface area (Å²) in [6.07, 6.45) is 4.53. The Morgan fingerprint density at radius 2 is 2.05 bits per heavy atom. The van der Waals surface area contributed by atoms with E-state index in [9.17, 15) is 4.79 Å². The molecule has 0 unspecified atom stereocenters. The van der Waals surface area contributed by atoms with Crippen LogP contribution in [0, 0.1) is 6.92 Å². The summed E-state index contributed by atoms with van der Waals surface area (Å²) in [5.41, 5.74) is 1.65. The minimum absolute atomic E-state index is 0.143. The lowest BCUT2D eigenvalue weighted by Crippen LogP contribution is -2.35. The first kappa shape index (κ1) is 13.8. The number of anilines is 1. The van der Waals surface area contributed by atoms with Crippen LogP contribution in [0.25, 0.3) is 0 Å². The molecule has 1 aliphatic heterocycles. The zero-order valence-electron chi connectivity index (χ0n) is 11.9. The van der Waals surface area contributed by atoms with Crippen molar-refractivity contribution < 1.29 is 4.79 Å². The Balaban J connectivity index is 2.13. The molecule has 4 nitrogen and oxygen atoms in total. The highest BCUT2D eigenvalue weighted by molar-refractivity contribution is 5.95. The van der Waals surface area contributed by atoms with Crippen molar-refractivity contribution >= 4 is 11.7 Å². The van der Waals surface area contributed by atoms with Crippen molar-refractivity contribution in [2.75, 3.05) is 25.0 Å². The monoisotopic (exact) mass is 261 g/mol. The molecule has 1 fully saturated rings. The van der Waals surface area contributed by atoms with Crippen molar-refractivity contribution in [1.29, 1.82) is 0 Å². The first-order valence-electron chi connectivity index (χ1n) is 7.22. The van der Waals surface area contributed by atoms with Crippen LogP contribution < -0.4 is 5.32 Å². The number of piperidine rings is 1. The Bertz CT molecular complexity index is 439. The fraction of sp³-hybridized carbons (Fsp3) is 0.600. The van der Waals surface area contributed by atoms with Gasteiger partial charge in [0.2, 0.25) is 0 Å². The summed E-state index contributed by atoms with van der Waals surface area (Å²) in [6, 6.07) is 3.76. The van der Waals surface area contributed by atoms with Gasteiger partial charge in [-0.2, -0.15) is 0 Å². The molecular formula is C15H23N3O. The predicted molar refractivity (Wildman–Crippen MR) is 77.5 cm³/mol. The molecule has 0 spiro atoms. The van der Waals surface area contributed by atoms with Gasteiger partial charge in [0.1, 0.15) is 5.82 Å². The van der Waals surface area contributed by atoms with E-state index in [-0.39, 0.29) is 5.91 Å². The summed E-state index contributed by atoms with van der Waals surface area (Å²) in [6.45, 7) is 6.70. The first-order chi connectivity index (χ1) is 9.20. The van der Waals surface area contributed by atoms with Gasteiger partial charge in [0.05, 0.1) is 0 Å². The first-order valence-corrected chi connectivity index (χ1v) is 7.22. The number of hydrogen-bond acceptors (Lipinski definition) is 3. The summed E-state index contributed by atoms with van der Waals surface area (Å²) in [5.74, 6) is 0.951. The third kappa shape index (κ3) is 3.69. The highest BCUT2D eigenvalue weighted by Gasteiger charge is 2.18. The lowest BCUT2D eigenvalue weighted by atomic mass is 10.1. The van der Waals surface area contributed by atoms with Crippen LogP contribution in [0.3, 0.4) is 0 Å². The van der Waals surface area contributed by atoms with Crippen LogP contribution in [0.4, 0.5) is 5.82 Å². The minimum Gasteiger partial charge on any atom is -0.370 e. The second-order valence-corrected chi connectivity index (χ2v) is 5.16. The summed E-state index contributed by atoms with van der Waals surface area (Å²) < 4.78 is 0. The van der Waals surface area contributed by atoms with E-state index >= 15 is 0 Å². The standard InChI is InChI=1S/C15H23N3O/c1-3-7-16-14-11-13(10-12(2)17-14)15(19)18-8-5-4-6-9-18/h10-11H,3-9H2,1-2H3,(H,16,17). The molecule has 0 aromatic carbocycles. The number of nitrogens with zero attached hydrogens (tertiary/aromatic N) is 2. The van der Waals surface area contributed by atoms with E-state index in [4.69, 9.17) is 0 Å². The number of carbonyl (C=O) groups is 1. The number of aryl methyl sites for hydroxylation is 1. The fourth-order valence-electron chi connectivity index (χ4n) is 2.42. The molecule has 1 amide bonds. The maximum absolute atomic E-state index is 12.4. The molecule has 1 aromatic heterocycles. The smallest absolute Gasteiger partial charge is 0.254 e. The minimum atomic E-state index is 0.143. The molecule has 19 heavy (non-hydrogen) atoms. The van der Waals surface area contributed by atoms with Crippen molar-refractivity contribution in [3.8, 4) is 0 Å². The molecule has 0 aliphatic carbocycles. The van der Waals surface area contributed by atoms with Gasteiger partial charge in [-0.1, -0.05) is 6.92 Å². The van der Waals surface area contributed by atoms with Crippen LogP contribution in [-0.2, 0) is 0 Å². The number of rotatable bonds is 4. The number of amides is 1. The number of aromatic nitrogens is 1. The Hall–Kier alpha value is -1.58. The summed E-state index contributed by atoms with van der Waals surface area (Å²) in [4.78, 5) is 18.8. The van der Waals surface area contributed by atoms with Gasteiger partial charge >= 0.3 is 0 Å². The maximum atomic E-state index is 12.4. The molecule has 4 heteroatoms. The molecule has 1 saturated heterocycles. The van der Waals surface area contributed by atoms with Gasteiger partial charge < -0.3 is 10.2 Å². The zero-order chi connectivity index (χ0) is 13.7. The number of hydrogen-bond donors (Lipinski definition) is 1. The maximum Gasteiger partial charge on any atom is 0.254 e. The van der Waals surface area contributed by atoms with Gasteiger partial charge in [-0.15, -0.1) is 0 Å². The highest BCUT2D eigenvalue weighted by Crippen LogP contribution is 2.16. The summed E-state index contributed by atoms with van der Waals surface area (Å²) in [5, 5.41) is 3.25. The van der Waals surface area contributed by atoms with Crippen LogP contribution in [0.1, 0.15) is 48.7 Å². The van der Waals surface area contributed by atoms with E-state index in [0.717, 1.165) is 56.0 Å². The molecule has 2 heterocycles. The number of pyridine rings is 1. The predicted octanol–water partition coefficient (Wildman–Crippen LogP) is 2.84. The van der Waals surface area contributed by atoms with Crippen molar-refractivity contribution in [3.63, 3.8) is 0 Å². The third-order valence-electron chi connectivity index (χ3n) is 3.40. The Kier molecular flexibility index (Phi) is 4.77. The average molecular weight is 261 g/mol. The lowest BCUT2D eigenvalue weighted by Gasteiger charge is -2.27. The molecule has 1 aromatic rings. The summed E-state index contributed by atoms with van der Waals surface area (Å²) >= 11 is 0. The highest BCUT2D eigenvalue weighted by atomic mass is 16.2. The van der Waals surface area contributed by atoms with Gasteiger partial charge in [0.25, 0.3) is 5.91 Å². The van der Waals surface area contributed by atoms with Crippen LogP contribution in [0.2, 0.25) is 0 Å². The number of carbonyl (C=O) groups excluding carboxylic acids is 1. The normalized spacial score (nSPS) is 15.4. The molecule has 1 N–H and O–H groups in total. The molecular weight excluding hydrogens is 238 g/mol. The molecule has 104 valence electrons. The molecule has 0 radical (unpaired) electrons. The lowest BCUT2D eigenvalue weighted by molar-refractivity contribution is 0.0724. The van der Waals surface area contributed by atoms with Gasteiger partial charge in [-0.3, -0.25) is 4.79 Å². The van der Waals surface area contributed by atoms with Gasteiger partial charge in [0, 0.05) is 30.9 Å².